The number of rotatable bonds is 5. The number of benzene rings is 1. The highest BCUT2D eigenvalue weighted by molar-refractivity contribution is 5.82. The van der Waals surface area contributed by atoms with Crippen LogP contribution in [0.2, 0.25) is 0 Å². The van der Waals surface area contributed by atoms with Crippen molar-refractivity contribution in [2.45, 2.75) is 25.4 Å². The van der Waals surface area contributed by atoms with E-state index in [9.17, 15) is 5.11 Å². The van der Waals surface area contributed by atoms with Gasteiger partial charge in [-0.1, -0.05) is 24.3 Å². The molecule has 2 heterocycles. The summed E-state index contributed by atoms with van der Waals surface area (Å²) >= 11 is 0. The molecule has 1 N–H and O–H groups in total. The fraction of sp³-hybridized carbons (Fsp3) is 0.450. The van der Waals surface area contributed by atoms with Crippen molar-refractivity contribution in [2.24, 2.45) is 11.8 Å². The Labute approximate surface area is 138 Å². The average molecular weight is 310 g/mol. The lowest BCUT2D eigenvalue weighted by atomic mass is 9.81. The third kappa shape index (κ3) is 3.62. The van der Waals surface area contributed by atoms with Gasteiger partial charge in [0.15, 0.2) is 0 Å². The molecule has 0 bridgehead atoms. The molecule has 23 heavy (non-hydrogen) atoms. The first kappa shape index (κ1) is 16.2. The largest absolute Gasteiger partial charge is 0.388 e. The van der Waals surface area contributed by atoms with Crippen molar-refractivity contribution < 1.29 is 5.11 Å². The molecule has 1 unspecified atom stereocenters. The summed E-state index contributed by atoms with van der Waals surface area (Å²) in [5.74, 6) is 1.17. The van der Waals surface area contributed by atoms with Crippen molar-refractivity contribution in [3.05, 3.63) is 54.7 Å². The van der Waals surface area contributed by atoms with Crippen LogP contribution in [0, 0.1) is 11.8 Å². The van der Waals surface area contributed by atoms with Crippen molar-refractivity contribution >= 4 is 10.9 Å². The molecule has 1 aromatic heterocycles. The number of likely N-dealkylation sites (tertiary alicyclic amines) is 1. The molecule has 1 aliphatic rings. The normalized spacial score (nSPS) is 23.7. The van der Waals surface area contributed by atoms with E-state index in [0.717, 1.165) is 42.4 Å². The number of hydrogen-bond acceptors (Lipinski definition) is 3. The van der Waals surface area contributed by atoms with Crippen molar-refractivity contribution in [1.29, 1.82) is 0 Å². The number of aromatic nitrogens is 1. The zero-order valence-corrected chi connectivity index (χ0v) is 13.9. The second kappa shape index (κ2) is 7.24. The molecule has 2 aromatic rings. The number of nitrogens with zero attached hydrogens (tertiary/aromatic N) is 2. The van der Waals surface area contributed by atoms with Gasteiger partial charge < -0.3 is 10.0 Å². The van der Waals surface area contributed by atoms with Gasteiger partial charge in [0, 0.05) is 18.1 Å². The predicted octanol–water partition coefficient (Wildman–Crippen LogP) is 3.80. The van der Waals surface area contributed by atoms with Crippen LogP contribution < -0.4 is 0 Å². The molecular weight excluding hydrogens is 284 g/mol. The van der Waals surface area contributed by atoms with Crippen LogP contribution in [0.3, 0.4) is 0 Å². The zero-order valence-electron chi connectivity index (χ0n) is 13.9. The fourth-order valence-electron chi connectivity index (χ4n) is 3.76. The van der Waals surface area contributed by atoms with E-state index < -0.39 is 6.10 Å². The Bertz CT molecular complexity index is 664. The Balaban J connectivity index is 1.69. The van der Waals surface area contributed by atoms with Gasteiger partial charge in [-0.3, -0.25) is 4.98 Å². The molecule has 0 radical (unpaired) electrons. The van der Waals surface area contributed by atoms with Crippen molar-refractivity contribution in [3.63, 3.8) is 0 Å². The van der Waals surface area contributed by atoms with Gasteiger partial charge in [0.25, 0.3) is 0 Å². The topological polar surface area (TPSA) is 36.4 Å². The summed E-state index contributed by atoms with van der Waals surface area (Å²) in [5.41, 5.74) is 1.95. The van der Waals surface area contributed by atoms with E-state index in [2.05, 4.69) is 29.6 Å². The summed E-state index contributed by atoms with van der Waals surface area (Å²) in [4.78, 5) is 6.75. The summed E-state index contributed by atoms with van der Waals surface area (Å²) in [5, 5.41) is 11.8. The Morgan fingerprint density at radius 1 is 1.39 bits per heavy atom. The van der Waals surface area contributed by atoms with Crippen LogP contribution in [-0.2, 0) is 0 Å². The molecular formula is C20H26N2O. The van der Waals surface area contributed by atoms with E-state index in [1.54, 1.807) is 6.20 Å². The summed E-state index contributed by atoms with van der Waals surface area (Å²) in [7, 11) is 2.17. The Morgan fingerprint density at radius 2 is 2.22 bits per heavy atom. The number of hydrogen-bond donors (Lipinski definition) is 1. The summed E-state index contributed by atoms with van der Waals surface area (Å²) in [6, 6.07) is 9.98. The average Bonchev–Trinajstić information content (AvgIpc) is 2.59. The number of aliphatic hydroxyl groups excluding tert-OH is 1. The van der Waals surface area contributed by atoms with E-state index >= 15 is 0 Å². The molecule has 0 aliphatic carbocycles. The smallest absolute Gasteiger partial charge is 0.0797 e. The SMILES string of the molecule is C=C[C@H]1CN(C)CCC1CC[C@@H](O)c1ccnc2ccccc12. The van der Waals surface area contributed by atoms with E-state index in [4.69, 9.17) is 0 Å². The fourth-order valence-corrected chi connectivity index (χ4v) is 3.76. The number of piperidine rings is 1. The molecule has 0 amide bonds. The predicted molar refractivity (Wildman–Crippen MR) is 95.2 cm³/mol. The summed E-state index contributed by atoms with van der Waals surface area (Å²) in [6.45, 7) is 6.23. The highest BCUT2D eigenvalue weighted by Crippen LogP contribution is 2.32. The van der Waals surface area contributed by atoms with E-state index in [-0.39, 0.29) is 0 Å². The molecule has 3 nitrogen and oxygen atoms in total. The van der Waals surface area contributed by atoms with Gasteiger partial charge in [-0.25, -0.2) is 0 Å². The Morgan fingerprint density at radius 3 is 3.04 bits per heavy atom. The lowest BCUT2D eigenvalue weighted by molar-refractivity contribution is 0.124. The van der Waals surface area contributed by atoms with Crippen LogP contribution in [0.15, 0.2) is 49.2 Å². The third-order valence-corrected chi connectivity index (χ3v) is 5.17. The van der Waals surface area contributed by atoms with Gasteiger partial charge in [-0.2, -0.15) is 0 Å². The molecule has 3 rings (SSSR count). The quantitative estimate of drug-likeness (QED) is 0.853. The van der Waals surface area contributed by atoms with Crippen molar-refractivity contribution in [3.8, 4) is 0 Å². The van der Waals surface area contributed by atoms with E-state index in [1.165, 1.54) is 6.42 Å². The maximum Gasteiger partial charge on any atom is 0.0797 e. The number of aliphatic hydroxyl groups is 1. The highest BCUT2D eigenvalue weighted by atomic mass is 16.3. The maximum atomic E-state index is 10.7. The first-order valence-electron chi connectivity index (χ1n) is 8.52. The molecule has 3 heteroatoms. The monoisotopic (exact) mass is 310 g/mol. The number of fused-ring (bicyclic) bond motifs is 1. The lowest BCUT2D eigenvalue weighted by Crippen LogP contribution is -2.37. The molecule has 1 saturated heterocycles. The highest BCUT2D eigenvalue weighted by Gasteiger charge is 2.26. The van der Waals surface area contributed by atoms with E-state index in [0.29, 0.717) is 11.8 Å². The van der Waals surface area contributed by atoms with Gasteiger partial charge >= 0.3 is 0 Å². The lowest BCUT2D eigenvalue weighted by Gasteiger charge is -2.35. The Kier molecular flexibility index (Phi) is 5.09. The van der Waals surface area contributed by atoms with Crippen molar-refractivity contribution in [1.82, 2.24) is 9.88 Å². The minimum Gasteiger partial charge on any atom is -0.388 e. The minimum atomic E-state index is -0.423. The second-order valence-electron chi connectivity index (χ2n) is 6.72. The number of pyridine rings is 1. The van der Waals surface area contributed by atoms with Crippen LogP contribution in [0.25, 0.3) is 10.9 Å². The molecule has 1 fully saturated rings. The van der Waals surface area contributed by atoms with Crippen LogP contribution in [0.1, 0.15) is 30.9 Å². The molecule has 0 spiro atoms. The molecule has 122 valence electrons. The first-order chi connectivity index (χ1) is 11.2. The maximum absolute atomic E-state index is 10.7. The number of para-hydroxylation sites is 1. The minimum absolute atomic E-state index is 0.423. The molecule has 1 aliphatic heterocycles. The molecule has 1 aromatic carbocycles. The standard InChI is InChI=1S/C20H26N2O/c1-3-15-14-22(2)13-11-16(15)8-9-20(23)18-10-12-21-19-7-5-4-6-17(18)19/h3-7,10,12,15-16,20,23H,1,8-9,11,13-14H2,2H3/t15-,16?,20+/m0/s1. The second-order valence-corrected chi connectivity index (χ2v) is 6.72. The van der Waals surface area contributed by atoms with Gasteiger partial charge in [0.1, 0.15) is 0 Å². The van der Waals surface area contributed by atoms with Gasteiger partial charge in [0.2, 0.25) is 0 Å². The molecule has 0 saturated carbocycles. The summed E-state index contributed by atoms with van der Waals surface area (Å²) in [6.07, 6.45) is 6.50. The van der Waals surface area contributed by atoms with Crippen LogP contribution in [0.5, 0.6) is 0 Å². The van der Waals surface area contributed by atoms with Crippen molar-refractivity contribution in [2.75, 3.05) is 20.1 Å². The van der Waals surface area contributed by atoms with Gasteiger partial charge in [-0.05, 0) is 62.4 Å². The summed E-state index contributed by atoms with van der Waals surface area (Å²) < 4.78 is 0. The zero-order chi connectivity index (χ0) is 16.2. The molecule has 3 atom stereocenters. The van der Waals surface area contributed by atoms with Gasteiger partial charge in [-0.15, -0.1) is 6.58 Å². The van der Waals surface area contributed by atoms with Crippen LogP contribution >= 0.6 is 0 Å². The Hall–Kier alpha value is -1.71. The van der Waals surface area contributed by atoms with Gasteiger partial charge in [0.05, 0.1) is 11.6 Å². The third-order valence-electron chi connectivity index (χ3n) is 5.17. The van der Waals surface area contributed by atoms with Crippen LogP contribution in [0.4, 0.5) is 0 Å². The first-order valence-corrected chi connectivity index (χ1v) is 8.52. The van der Waals surface area contributed by atoms with Crippen LogP contribution in [-0.4, -0.2) is 35.1 Å². The van der Waals surface area contributed by atoms with E-state index in [1.807, 2.05) is 30.3 Å².